The Labute approximate surface area is 126 Å². The molecule has 3 aromatic rings. The summed E-state index contributed by atoms with van der Waals surface area (Å²) in [5, 5.41) is 14.6. The first-order valence-electron chi connectivity index (χ1n) is 6.77. The second-order valence-corrected chi connectivity index (χ2v) is 4.69. The Hall–Kier alpha value is -2.93. The van der Waals surface area contributed by atoms with Gasteiger partial charge in [-0.1, -0.05) is 6.07 Å². The number of carbonyl (C=O) groups excluding carboxylic acids is 1. The number of aliphatic hydroxyl groups is 1. The molecular formula is C15H15N5O2. The maximum Gasteiger partial charge on any atom is 0.250 e. The predicted octanol–water partition coefficient (Wildman–Crippen LogP) is 1.27. The Morgan fingerprint density at radius 2 is 2.14 bits per heavy atom. The van der Waals surface area contributed by atoms with E-state index in [9.17, 15) is 4.79 Å². The zero-order valence-corrected chi connectivity index (χ0v) is 11.7. The van der Waals surface area contributed by atoms with Crippen LogP contribution in [0.3, 0.4) is 0 Å². The summed E-state index contributed by atoms with van der Waals surface area (Å²) >= 11 is 0. The summed E-state index contributed by atoms with van der Waals surface area (Å²) in [5.41, 5.74) is 3.29. The molecule has 3 N–H and O–H groups in total. The van der Waals surface area contributed by atoms with Crippen LogP contribution in [0, 0.1) is 0 Å². The minimum atomic E-state index is -0.534. The van der Waals surface area contributed by atoms with Gasteiger partial charge in [-0.3, -0.25) is 14.2 Å². The number of fused-ring (bicyclic) bond motifs is 1. The molecule has 7 heteroatoms. The molecule has 0 aliphatic heterocycles. The molecule has 3 rings (SSSR count). The number of benzene rings is 1. The first-order chi connectivity index (χ1) is 10.8. The number of aromatic nitrogens is 3. The lowest BCUT2D eigenvalue weighted by Crippen LogP contribution is -2.15. The van der Waals surface area contributed by atoms with Gasteiger partial charge in [-0.15, -0.1) is 0 Å². The second kappa shape index (κ2) is 6.23. The van der Waals surface area contributed by atoms with Crippen molar-refractivity contribution in [1.29, 1.82) is 0 Å². The molecule has 2 heterocycles. The highest BCUT2D eigenvalue weighted by Gasteiger charge is 2.04. The van der Waals surface area contributed by atoms with Gasteiger partial charge in [-0.25, -0.2) is 4.98 Å². The number of rotatable bonds is 5. The topological polar surface area (TPSA) is 91.5 Å². The largest absolute Gasteiger partial charge is 0.387 e. The van der Waals surface area contributed by atoms with E-state index in [-0.39, 0.29) is 0 Å². The molecule has 0 saturated heterocycles. The Balaban J connectivity index is 1.71. The summed E-state index contributed by atoms with van der Waals surface area (Å²) in [6, 6.07) is 7.30. The van der Waals surface area contributed by atoms with Crippen molar-refractivity contribution in [2.24, 2.45) is 0 Å². The number of amides is 1. The van der Waals surface area contributed by atoms with Crippen molar-refractivity contribution in [2.75, 3.05) is 17.2 Å². The molecule has 112 valence electrons. The Morgan fingerprint density at radius 3 is 3.00 bits per heavy atom. The molecule has 0 bridgehead atoms. The fourth-order valence-corrected chi connectivity index (χ4v) is 2.13. The van der Waals surface area contributed by atoms with Gasteiger partial charge in [0.15, 0.2) is 5.65 Å². The highest BCUT2D eigenvalue weighted by molar-refractivity contribution is 5.91. The first-order valence-corrected chi connectivity index (χ1v) is 6.77. The van der Waals surface area contributed by atoms with E-state index in [1.54, 1.807) is 30.7 Å². The normalized spacial score (nSPS) is 10.6. The zero-order valence-electron chi connectivity index (χ0n) is 11.7. The molecule has 7 nitrogen and oxygen atoms in total. The van der Waals surface area contributed by atoms with Gasteiger partial charge in [0, 0.05) is 23.8 Å². The third-order valence-corrected chi connectivity index (χ3v) is 3.16. The summed E-state index contributed by atoms with van der Waals surface area (Å²) < 4.78 is 1.96. The number of imidazole rings is 1. The van der Waals surface area contributed by atoms with Crippen LogP contribution in [-0.4, -0.2) is 32.0 Å². The average Bonchev–Trinajstić information content (AvgIpc) is 2.96. The summed E-state index contributed by atoms with van der Waals surface area (Å²) in [6.07, 6.45) is 7.07. The molecule has 22 heavy (non-hydrogen) atoms. The van der Waals surface area contributed by atoms with Crippen molar-refractivity contribution in [3.8, 4) is 0 Å². The molecular weight excluding hydrogens is 282 g/mol. The highest BCUT2D eigenvalue weighted by atomic mass is 16.3. The van der Waals surface area contributed by atoms with E-state index in [0.29, 0.717) is 12.2 Å². The molecule has 0 unspecified atom stereocenters. The van der Waals surface area contributed by atoms with Gasteiger partial charge >= 0.3 is 0 Å². The molecule has 2 aromatic heterocycles. The third kappa shape index (κ3) is 3.04. The quantitative estimate of drug-likeness (QED) is 0.659. The molecule has 1 aromatic carbocycles. The van der Waals surface area contributed by atoms with Crippen molar-refractivity contribution in [2.45, 2.75) is 6.54 Å². The van der Waals surface area contributed by atoms with E-state index < -0.39 is 12.5 Å². The number of hydrogen-bond acceptors (Lipinski definition) is 5. The number of hydrogen-bond donors (Lipinski definition) is 3. The van der Waals surface area contributed by atoms with Gasteiger partial charge in [0.25, 0.3) is 0 Å². The maximum atomic E-state index is 11.2. The number of nitrogens with one attached hydrogen (secondary N) is 2. The molecule has 0 radical (unpaired) electrons. The first kappa shape index (κ1) is 14.0. The van der Waals surface area contributed by atoms with Crippen molar-refractivity contribution in [3.63, 3.8) is 0 Å². The van der Waals surface area contributed by atoms with Gasteiger partial charge in [0.2, 0.25) is 5.91 Å². The molecule has 0 aliphatic carbocycles. The standard InChI is InChI=1S/C15H15N5O2/c21-10-15(22)19-12-3-1-2-11(6-12)17-7-13-8-18-14-9-16-4-5-20(13)14/h1-6,8-9,17,21H,7,10H2,(H,19,22). The summed E-state index contributed by atoms with van der Waals surface area (Å²) in [7, 11) is 0. The fraction of sp³-hybridized carbons (Fsp3) is 0.133. The summed E-state index contributed by atoms with van der Waals surface area (Å²) in [4.78, 5) is 19.5. The monoisotopic (exact) mass is 297 g/mol. The average molecular weight is 297 g/mol. The third-order valence-electron chi connectivity index (χ3n) is 3.16. The summed E-state index contributed by atoms with van der Waals surface area (Å²) in [5.74, 6) is -0.438. The maximum absolute atomic E-state index is 11.2. The smallest absolute Gasteiger partial charge is 0.250 e. The van der Waals surface area contributed by atoms with E-state index in [2.05, 4.69) is 20.6 Å². The highest BCUT2D eigenvalue weighted by Crippen LogP contribution is 2.16. The van der Waals surface area contributed by atoms with Crippen LogP contribution in [0.15, 0.2) is 49.1 Å². The van der Waals surface area contributed by atoms with E-state index in [4.69, 9.17) is 5.11 Å². The predicted molar refractivity (Wildman–Crippen MR) is 82.5 cm³/mol. The minimum Gasteiger partial charge on any atom is -0.387 e. The van der Waals surface area contributed by atoms with Crippen molar-refractivity contribution < 1.29 is 9.90 Å². The Bertz CT molecular complexity index is 799. The molecule has 0 saturated carbocycles. The molecule has 1 amide bonds. The number of anilines is 2. The number of aliphatic hydroxyl groups excluding tert-OH is 1. The van der Waals surface area contributed by atoms with Gasteiger partial charge in [0.05, 0.1) is 24.6 Å². The van der Waals surface area contributed by atoms with Crippen LogP contribution in [0.25, 0.3) is 5.65 Å². The van der Waals surface area contributed by atoms with Crippen molar-refractivity contribution >= 4 is 22.9 Å². The van der Waals surface area contributed by atoms with Crippen LogP contribution in [0.1, 0.15) is 5.69 Å². The zero-order chi connectivity index (χ0) is 15.4. The van der Waals surface area contributed by atoms with Crippen LogP contribution >= 0.6 is 0 Å². The summed E-state index contributed by atoms with van der Waals surface area (Å²) in [6.45, 7) is 0.0517. The molecule has 0 spiro atoms. The van der Waals surface area contributed by atoms with Crippen molar-refractivity contribution in [1.82, 2.24) is 14.4 Å². The molecule has 0 atom stereocenters. The van der Waals surface area contributed by atoms with Crippen molar-refractivity contribution in [3.05, 3.63) is 54.7 Å². The second-order valence-electron chi connectivity index (χ2n) is 4.69. The Morgan fingerprint density at radius 1 is 1.27 bits per heavy atom. The fourth-order valence-electron chi connectivity index (χ4n) is 2.13. The van der Waals surface area contributed by atoms with Gasteiger partial charge in [0.1, 0.15) is 6.61 Å². The van der Waals surface area contributed by atoms with Gasteiger partial charge in [-0.2, -0.15) is 0 Å². The van der Waals surface area contributed by atoms with E-state index in [1.165, 1.54) is 0 Å². The van der Waals surface area contributed by atoms with Crippen LogP contribution < -0.4 is 10.6 Å². The van der Waals surface area contributed by atoms with E-state index in [1.807, 2.05) is 22.7 Å². The SMILES string of the molecule is O=C(CO)Nc1cccc(NCc2cnc3cnccn23)c1. The van der Waals surface area contributed by atoms with Crippen LogP contribution in [0.2, 0.25) is 0 Å². The molecule has 0 aliphatic rings. The van der Waals surface area contributed by atoms with Gasteiger partial charge < -0.3 is 15.7 Å². The lowest BCUT2D eigenvalue weighted by molar-refractivity contribution is -0.118. The lowest BCUT2D eigenvalue weighted by atomic mass is 10.2. The van der Waals surface area contributed by atoms with E-state index >= 15 is 0 Å². The van der Waals surface area contributed by atoms with Crippen LogP contribution in [-0.2, 0) is 11.3 Å². The lowest BCUT2D eigenvalue weighted by Gasteiger charge is -2.09. The minimum absolute atomic E-state index is 0.438. The van der Waals surface area contributed by atoms with E-state index in [0.717, 1.165) is 17.0 Å². The van der Waals surface area contributed by atoms with Crippen LogP contribution in [0.4, 0.5) is 11.4 Å². The van der Waals surface area contributed by atoms with Gasteiger partial charge in [-0.05, 0) is 18.2 Å². The Kier molecular flexibility index (Phi) is 3.97. The number of nitrogens with zero attached hydrogens (tertiary/aromatic N) is 3. The molecule has 0 fully saturated rings. The number of carbonyl (C=O) groups is 1. The van der Waals surface area contributed by atoms with Crippen LogP contribution in [0.5, 0.6) is 0 Å².